The molecule has 1 fully saturated rings. The van der Waals surface area contributed by atoms with Crippen LogP contribution in [0.5, 0.6) is 0 Å². The van der Waals surface area contributed by atoms with Crippen LogP contribution in [0, 0.1) is 18.7 Å². The Kier molecular flexibility index (Phi) is 4.71. The fraction of sp³-hybridized carbons (Fsp3) is 0.217. The molecule has 1 aliphatic rings. The SMILES string of the molecule is Cc1ccc(Cn2ccccc2=NC(=O)[C@H]2C[C@@H]2c2ccc(F)cc2)cc1. The van der Waals surface area contributed by atoms with Gasteiger partial charge >= 0.3 is 0 Å². The molecule has 0 unspecified atom stereocenters. The van der Waals surface area contributed by atoms with Gasteiger partial charge in [-0.1, -0.05) is 48.0 Å². The van der Waals surface area contributed by atoms with Gasteiger partial charge in [0.05, 0.1) is 0 Å². The number of amides is 1. The molecule has 0 aliphatic heterocycles. The number of aromatic nitrogens is 1. The summed E-state index contributed by atoms with van der Waals surface area (Å²) >= 11 is 0. The first kappa shape index (κ1) is 17.4. The predicted octanol–water partition coefficient (Wildman–Crippen LogP) is 4.21. The maximum absolute atomic E-state index is 13.1. The van der Waals surface area contributed by atoms with Crippen molar-refractivity contribution in [2.45, 2.75) is 25.8 Å². The molecule has 0 bridgehead atoms. The predicted molar refractivity (Wildman–Crippen MR) is 103 cm³/mol. The van der Waals surface area contributed by atoms with Crippen LogP contribution in [-0.4, -0.2) is 10.5 Å². The van der Waals surface area contributed by atoms with Crippen molar-refractivity contribution < 1.29 is 9.18 Å². The van der Waals surface area contributed by atoms with Gasteiger partial charge in [-0.2, -0.15) is 4.99 Å². The zero-order valence-corrected chi connectivity index (χ0v) is 15.2. The number of halogens is 1. The molecule has 0 N–H and O–H groups in total. The van der Waals surface area contributed by atoms with Gasteiger partial charge < -0.3 is 4.57 Å². The monoisotopic (exact) mass is 360 g/mol. The third-order valence-electron chi connectivity index (χ3n) is 5.02. The number of aryl methyl sites for hydroxylation is 1. The van der Waals surface area contributed by atoms with Crippen LogP contribution >= 0.6 is 0 Å². The van der Waals surface area contributed by atoms with Gasteiger partial charge in [0.15, 0.2) is 0 Å². The highest BCUT2D eigenvalue weighted by Gasteiger charge is 2.43. The van der Waals surface area contributed by atoms with Crippen LogP contribution in [0.15, 0.2) is 77.9 Å². The van der Waals surface area contributed by atoms with Gasteiger partial charge in [0.1, 0.15) is 11.3 Å². The van der Waals surface area contributed by atoms with Crippen molar-refractivity contribution in [3.63, 3.8) is 0 Å². The lowest BCUT2D eigenvalue weighted by Gasteiger charge is -2.08. The van der Waals surface area contributed by atoms with Crippen LogP contribution in [0.1, 0.15) is 29.0 Å². The van der Waals surface area contributed by atoms with Crippen LogP contribution in [0.25, 0.3) is 0 Å². The number of benzene rings is 2. The fourth-order valence-corrected chi connectivity index (χ4v) is 3.33. The van der Waals surface area contributed by atoms with Crippen LogP contribution in [0.2, 0.25) is 0 Å². The lowest BCUT2D eigenvalue weighted by atomic mass is 10.1. The van der Waals surface area contributed by atoms with Gasteiger partial charge in [-0.05, 0) is 54.7 Å². The van der Waals surface area contributed by atoms with Gasteiger partial charge in [-0.25, -0.2) is 4.39 Å². The first-order chi connectivity index (χ1) is 13.1. The minimum atomic E-state index is -0.256. The third-order valence-corrected chi connectivity index (χ3v) is 5.02. The second-order valence-electron chi connectivity index (χ2n) is 7.12. The molecule has 3 aromatic rings. The zero-order valence-electron chi connectivity index (χ0n) is 15.2. The van der Waals surface area contributed by atoms with E-state index in [0.29, 0.717) is 12.0 Å². The van der Waals surface area contributed by atoms with Crippen molar-refractivity contribution in [3.05, 3.63) is 101 Å². The molecular weight excluding hydrogens is 339 g/mol. The molecule has 0 radical (unpaired) electrons. The van der Waals surface area contributed by atoms with Gasteiger partial charge in [-0.15, -0.1) is 0 Å². The summed E-state index contributed by atoms with van der Waals surface area (Å²) in [4.78, 5) is 17.0. The molecule has 4 rings (SSSR count). The standard InChI is InChI=1S/C23H21FN2O/c1-16-5-7-17(8-6-16)15-26-13-3-2-4-22(26)25-23(27)21-14-20(21)18-9-11-19(24)12-10-18/h2-13,20-21H,14-15H2,1H3/t20-,21+/m1/s1. The summed E-state index contributed by atoms with van der Waals surface area (Å²) in [5.41, 5.74) is 4.05. The second-order valence-corrected chi connectivity index (χ2v) is 7.12. The number of nitrogens with zero attached hydrogens (tertiary/aromatic N) is 2. The van der Waals surface area contributed by atoms with E-state index in [2.05, 4.69) is 36.2 Å². The van der Waals surface area contributed by atoms with Crippen molar-refractivity contribution in [3.8, 4) is 0 Å². The first-order valence-corrected chi connectivity index (χ1v) is 9.15. The minimum absolute atomic E-state index is 0.104. The quantitative estimate of drug-likeness (QED) is 0.686. The first-order valence-electron chi connectivity index (χ1n) is 9.15. The largest absolute Gasteiger partial charge is 0.328 e. The minimum Gasteiger partial charge on any atom is -0.328 e. The van der Waals surface area contributed by atoms with E-state index in [-0.39, 0.29) is 23.6 Å². The Morgan fingerprint density at radius 1 is 1.07 bits per heavy atom. The molecular formula is C23H21FN2O. The number of carbonyl (C=O) groups is 1. The van der Waals surface area contributed by atoms with Crippen molar-refractivity contribution in [2.24, 2.45) is 10.9 Å². The molecule has 2 atom stereocenters. The molecule has 0 saturated heterocycles. The molecule has 1 amide bonds. The molecule has 3 nitrogen and oxygen atoms in total. The number of hydrogen-bond donors (Lipinski definition) is 0. The van der Waals surface area contributed by atoms with Crippen molar-refractivity contribution in [2.75, 3.05) is 0 Å². The van der Waals surface area contributed by atoms with Crippen molar-refractivity contribution in [1.82, 2.24) is 4.57 Å². The van der Waals surface area contributed by atoms with E-state index in [1.807, 2.05) is 29.0 Å². The van der Waals surface area contributed by atoms with E-state index in [9.17, 15) is 9.18 Å². The van der Waals surface area contributed by atoms with Gasteiger partial charge in [-0.3, -0.25) is 4.79 Å². The Labute approximate surface area is 157 Å². The van der Waals surface area contributed by atoms with Crippen molar-refractivity contribution >= 4 is 5.91 Å². The molecule has 1 aliphatic carbocycles. The highest BCUT2D eigenvalue weighted by atomic mass is 19.1. The molecule has 1 aromatic heterocycles. The second kappa shape index (κ2) is 7.31. The molecule has 0 spiro atoms. The maximum Gasteiger partial charge on any atom is 0.251 e. The average molecular weight is 360 g/mol. The van der Waals surface area contributed by atoms with E-state index in [1.54, 1.807) is 12.1 Å². The van der Waals surface area contributed by atoms with E-state index in [0.717, 1.165) is 17.5 Å². The lowest BCUT2D eigenvalue weighted by Crippen LogP contribution is -2.22. The summed E-state index contributed by atoms with van der Waals surface area (Å²) in [6.45, 7) is 2.73. The smallest absolute Gasteiger partial charge is 0.251 e. The molecule has 136 valence electrons. The number of rotatable bonds is 4. The molecule has 2 aromatic carbocycles. The van der Waals surface area contributed by atoms with Crippen LogP contribution in [0.4, 0.5) is 4.39 Å². The van der Waals surface area contributed by atoms with E-state index >= 15 is 0 Å². The zero-order chi connectivity index (χ0) is 18.8. The van der Waals surface area contributed by atoms with E-state index in [4.69, 9.17) is 0 Å². The Morgan fingerprint density at radius 3 is 2.56 bits per heavy atom. The molecule has 27 heavy (non-hydrogen) atoms. The van der Waals surface area contributed by atoms with Crippen LogP contribution < -0.4 is 5.49 Å². The lowest BCUT2D eigenvalue weighted by molar-refractivity contribution is -0.119. The van der Waals surface area contributed by atoms with Gasteiger partial charge in [0, 0.05) is 18.7 Å². The van der Waals surface area contributed by atoms with Crippen molar-refractivity contribution in [1.29, 1.82) is 0 Å². The Bertz CT molecular complexity index is 1020. The van der Waals surface area contributed by atoms with Crippen LogP contribution in [-0.2, 0) is 11.3 Å². The summed E-state index contributed by atoms with van der Waals surface area (Å²) < 4.78 is 15.1. The summed E-state index contributed by atoms with van der Waals surface area (Å²) in [6.07, 6.45) is 2.72. The average Bonchev–Trinajstić information content (AvgIpc) is 3.47. The summed E-state index contributed by atoms with van der Waals surface area (Å²) in [5, 5.41) is 0. The molecule has 1 saturated carbocycles. The van der Waals surface area contributed by atoms with Crippen LogP contribution in [0.3, 0.4) is 0 Å². The summed E-state index contributed by atoms with van der Waals surface area (Å²) in [6, 6.07) is 20.4. The Hall–Kier alpha value is -3.01. The number of pyridine rings is 1. The van der Waals surface area contributed by atoms with E-state index in [1.165, 1.54) is 17.7 Å². The molecule has 1 heterocycles. The van der Waals surface area contributed by atoms with Gasteiger partial charge in [0.25, 0.3) is 5.91 Å². The molecule has 4 heteroatoms. The maximum atomic E-state index is 13.1. The number of carbonyl (C=O) groups excluding carboxylic acids is 1. The third kappa shape index (κ3) is 4.05. The Balaban J connectivity index is 1.53. The summed E-state index contributed by atoms with van der Waals surface area (Å²) in [5.74, 6) is -0.318. The fourth-order valence-electron chi connectivity index (χ4n) is 3.33. The topological polar surface area (TPSA) is 34.4 Å². The highest BCUT2D eigenvalue weighted by Crippen LogP contribution is 2.48. The number of hydrogen-bond acceptors (Lipinski definition) is 1. The Morgan fingerprint density at radius 2 is 1.81 bits per heavy atom. The highest BCUT2D eigenvalue weighted by molar-refractivity contribution is 5.83. The normalized spacial score (nSPS) is 19.1. The van der Waals surface area contributed by atoms with Gasteiger partial charge in [0.2, 0.25) is 0 Å². The summed E-state index contributed by atoms with van der Waals surface area (Å²) in [7, 11) is 0. The van der Waals surface area contributed by atoms with E-state index < -0.39 is 0 Å².